The van der Waals surface area contributed by atoms with Gasteiger partial charge in [0, 0.05) is 15.6 Å². The average molecular weight is 400 g/mol. The van der Waals surface area contributed by atoms with Crippen LogP contribution in [0.25, 0.3) is 0 Å². The first kappa shape index (κ1) is 17.0. The van der Waals surface area contributed by atoms with E-state index in [1.54, 1.807) is 18.2 Å². The fourth-order valence-electron chi connectivity index (χ4n) is 2.03. The van der Waals surface area contributed by atoms with Crippen molar-refractivity contribution in [1.82, 2.24) is 14.5 Å². The number of nitrogens with one attached hydrogen (secondary N) is 1. The maximum Gasteiger partial charge on any atom is 0.240 e. The second kappa shape index (κ2) is 6.94. The first-order valence-corrected chi connectivity index (χ1v) is 8.73. The number of nitrogen functional groups attached to an aromatic ring is 1. The zero-order valence-electron chi connectivity index (χ0n) is 12.1. The lowest BCUT2D eigenvalue weighted by molar-refractivity contribution is 0.0967. The minimum Gasteiger partial charge on any atom is -0.366 e. The summed E-state index contributed by atoms with van der Waals surface area (Å²) < 4.78 is 3.07. The number of nitrogens with zero attached hydrogens (tertiary/aromatic N) is 3. The molecule has 0 aliphatic heterocycles. The zero-order chi connectivity index (χ0) is 17.3. The zero-order valence-corrected chi connectivity index (χ0v) is 15.2. The summed E-state index contributed by atoms with van der Waals surface area (Å²) in [7, 11) is 0. The van der Waals surface area contributed by atoms with E-state index in [2.05, 4.69) is 10.5 Å². The van der Waals surface area contributed by atoms with Gasteiger partial charge in [-0.05, 0) is 47.9 Å². The van der Waals surface area contributed by atoms with Gasteiger partial charge in [0.1, 0.15) is 11.5 Å². The molecule has 0 saturated carbocycles. The third-order valence-corrected chi connectivity index (χ3v) is 4.69. The number of aromatic nitrogens is 3. The second-order valence-electron chi connectivity index (χ2n) is 4.80. The van der Waals surface area contributed by atoms with Crippen LogP contribution in [0.2, 0.25) is 10.0 Å². The van der Waals surface area contributed by atoms with Crippen molar-refractivity contribution in [1.29, 1.82) is 0 Å². The molecule has 3 N–H and O–H groups in total. The van der Waals surface area contributed by atoms with Crippen LogP contribution in [-0.2, 0) is 6.54 Å². The molecular weight excluding hydrogens is 389 g/mol. The molecule has 0 saturated heterocycles. The van der Waals surface area contributed by atoms with Gasteiger partial charge in [0.2, 0.25) is 10.7 Å². The van der Waals surface area contributed by atoms with Gasteiger partial charge in [-0.3, -0.25) is 10.2 Å². The molecular formula is C14H11Cl2N5OS2. The van der Waals surface area contributed by atoms with Crippen LogP contribution in [0.15, 0.2) is 35.7 Å². The fourth-order valence-corrected chi connectivity index (χ4v) is 3.40. The smallest absolute Gasteiger partial charge is 0.240 e. The van der Waals surface area contributed by atoms with E-state index in [1.807, 2.05) is 17.5 Å². The molecule has 0 fully saturated rings. The molecule has 0 spiro atoms. The van der Waals surface area contributed by atoms with Gasteiger partial charge in [-0.1, -0.05) is 23.2 Å². The minimum atomic E-state index is -0.226. The number of anilines is 2. The predicted octanol–water partition coefficient (Wildman–Crippen LogP) is 4.12. The van der Waals surface area contributed by atoms with Crippen LogP contribution in [-0.4, -0.2) is 20.2 Å². The van der Waals surface area contributed by atoms with Gasteiger partial charge >= 0.3 is 0 Å². The van der Waals surface area contributed by atoms with Crippen molar-refractivity contribution >= 4 is 63.5 Å². The van der Waals surface area contributed by atoms with Gasteiger partial charge in [-0.15, -0.1) is 16.4 Å². The molecule has 124 valence electrons. The first-order chi connectivity index (χ1) is 11.4. The molecule has 0 atom stereocenters. The molecule has 6 nitrogen and oxygen atoms in total. The molecule has 0 aliphatic rings. The van der Waals surface area contributed by atoms with E-state index in [0.717, 1.165) is 5.00 Å². The highest BCUT2D eigenvalue weighted by molar-refractivity contribution is 7.71. The minimum absolute atomic E-state index is 0.0706. The van der Waals surface area contributed by atoms with Crippen LogP contribution in [0.1, 0.15) is 10.4 Å². The van der Waals surface area contributed by atoms with Crippen molar-refractivity contribution < 1.29 is 4.79 Å². The van der Waals surface area contributed by atoms with E-state index in [4.69, 9.17) is 41.2 Å². The van der Waals surface area contributed by atoms with E-state index >= 15 is 0 Å². The first-order valence-electron chi connectivity index (χ1n) is 6.69. The summed E-state index contributed by atoms with van der Waals surface area (Å²) in [5, 5.41) is 7.65. The molecule has 0 unspecified atom stereocenters. The number of nitrogens with two attached hydrogens (primary N) is 1. The molecule has 3 aromatic rings. The van der Waals surface area contributed by atoms with E-state index in [9.17, 15) is 4.79 Å². The lowest BCUT2D eigenvalue weighted by Gasteiger charge is -2.05. The van der Waals surface area contributed by atoms with Gasteiger partial charge in [0.15, 0.2) is 5.78 Å². The molecule has 0 amide bonds. The van der Waals surface area contributed by atoms with Gasteiger partial charge < -0.3 is 5.73 Å². The summed E-state index contributed by atoms with van der Waals surface area (Å²) in [6.07, 6.45) is 0. The molecule has 3 rings (SSSR count). The van der Waals surface area contributed by atoms with Crippen LogP contribution in [0.5, 0.6) is 0 Å². The number of rotatable bonds is 5. The number of hydrogen-bond donors (Lipinski definition) is 2. The predicted molar refractivity (Wildman–Crippen MR) is 99.6 cm³/mol. The Morgan fingerprint density at radius 2 is 2.04 bits per heavy atom. The summed E-state index contributed by atoms with van der Waals surface area (Å²) in [5.41, 5.74) is 9.30. The number of halogens is 2. The van der Waals surface area contributed by atoms with Crippen molar-refractivity contribution in [2.75, 3.05) is 11.2 Å². The normalized spacial score (nSPS) is 10.8. The largest absolute Gasteiger partial charge is 0.366 e. The van der Waals surface area contributed by atoms with Crippen molar-refractivity contribution in [3.8, 4) is 0 Å². The summed E-state index contributed by atoms with van der Waals surface area (Å²) in [5.74, 6) is -0.0680. The Balaban J connectivity index is 1.85. The molecule has 2 aromatic heterocycles. The van der Waals surface area contributed by atoms with Gasteiger partial charge in [-0.25, -0.2) is 4.68 Å². The SMILES string of the molecule is Nc1nn(CC(=O)c2cc(Cl)cc(Cl)c2)c(=S)n1Nc1cccs1. The van der Waals surface area contributed by atoms with Crippen LogP contribution in [0, 0.1) is 4.77 Å². The van der Waals surface area contributed by atoms with E-state index < -0.39 is 0 Å². The molecule has 0 radical (unpaired) electrons. The van der Waals surface area contributed by atoms with Crippen LogP contribution >= 0.6 is 46.8 Å². The Labute approximate surface area is 156 Å². The van der Waals surface area contributed by atoms with Crippen molar-refractivity contribution in [3.63, 3.8) is 0 Å². The number of carbonyl (C=O) groups is 1. The van der Waals surface area contributed by atoms with Crippen LogP contribution < -0.4 is 11.2 Å². The van der Waals surface area contributed by atoms with Gasteiger partial charge in [0.05, 0.1) is 0 Å². The summed E-state index contributed by atoms with van der Waals surface area (Å²) in [6.45, 7) is -0.0706. The lowest BCUT2D eigenvalue weighted by atomic mass is 10.1. The number of Topliss-reactive ketones (excluding diaryl/α,β-unsaturated/α-hetero) is 1. The number of benzene rings is 1. The standard InChI is InChI=1S/C14H11Cl2N5OS2/c15-9-4-8(5-10(16)6-9)11(22)7-20-14(23)21(13(17)19-20)18-12-2-1-3-24-12/h1-6,18H,7H2,(H2,17,19). The van der Waals surface area contributed by atoms with Crippen molar-refractivity contribution in [2.24, 2.45) is 0 Å². The third-order valence-electron chi connectivity index (χ3n) is 3.09. The lowest BCUT2D eigenvalue weighted by Crippen LogP contribution is -2.14. The van der Waals surface area contributed by atoms with Crippen molar-refractivity contribution in [2.45, 2.75) is 6.54 Å². The highest BCUT2D eigenvalue weighted by Gasteiger charge is 2.14. The maximum atomic E-state index is 12.4. The van der Waals surface area contributed by atoms with Crippen LogP contribution in [0.4, 0.5) is 10.9 Å². The number of ketones is 1. The maximum absolute atomic E-state index is 12.4. The molecule has 2 heterocycles. The number of carbonyl (C=O) groups excluding carboxylic acids is 1. The fraction of sp³-hybridized carbons (Fsp3) is 0.0714. The summed E-state index contributed by atoms with van der Waals surface area (Å²) >= 11 is 18.7. The Morgan fingerprint density at radius 3 is 2.67 bits per heavy atom. The van der Waals surface area contributed by atoms with E-state index in [-0.39, 0.29) is 23.0 Å². The number of hydrogen-bond acceptors (Lipinski definition) is 6. The second-order valence-corrected chi connectivity index (χ2v) is 6.99. The van der Waals surface area contributed by atoms with Gasteiger partial charge in [-0.2, -0.15) is 4.68 Å². The Hall–Kier alpha value is -1.87. The summed E-state index contributed by atoms with van der Waals surface area (Å²) in [6, 6.07) is 8.42. The topological polar surface area (TPSA) is 77.9 Å². The molecule has 1 aromatic carbocycles. The molecule has 0 bridgehead atoms. The third kappa shape index (κ3) is 3.62. The Bertz CT molecular complexity index is 928. The number of thiophene rings is 1. The van der Waals surface area contributed by atoms with Gasteiger partial charge in [0.25, 0.3) is 0 Å². The van der Waals surface area contributed by atoms with E-state index in [1.165, 1.54) is 20.7 Å². The Kier molecular flexibility index (Phi) is 4.91. The summed E-state index contributed by atoms with van der Waals surface area (Å²) in [4.78, 5) is 12.4. The van der Waals surface area contributed by atoms with Crippen LogP contribution in [0.3, 0.4) is 0 Å². The monoisotopic (exact) mass is 399 g/mol. The quantitative estimate of drug-likeness (QED) is 0.498. The highest BCUT2D eigenvalue weighted by Crippen LogP contribution is 2.20. The highest BCUT2D eigenvalue weighted by atomic mass is 35.5. The molecule has 24 heavy (non-hydrogen) atoms. The Morgan fingerprint density at radius 1 is 1.33 bits per heavy atom. The van der Waals surface area contributed by atoms with E-state index in [0.29, 0.717) is 15.6 Å². The molecule has 0 aliphatic carbocycles. The molecule has 10 heteroatoms. The van der Waals surface area contributed by atoms with Crippen molar-refractivity contribution in [3.05, 3.63) is 56.1 Å². The average Bonchev–Trinajstić information content (AvgIpc) is 3.11.